The molecule has 132 valence electrons. The van der Waals surface area contributed by atoms with Crippen LogP contribution in [0.4, 0.5) is 16.4 Å². The molecule has 8 heteroatoms. The van der Waals surface area contributed by atoms with E-state index in [-0.39, 0.29) is 16.8 Å². The molecule has 0 bridgehead atoms. The van der Waals surface area contributed by atoms with Gasteiger partial charge in [-0.15, -0.1) is 11.8 Å². The molecule has 2 aromatic rings. The molecule has 0 aliphatic carbocycles. The highest BCUT2D eigenvalue weighted by atomic mass is 32.2. The Labute approximate surface area is 150 Å². The lowest BCUT2D eigenvalue weighted by Crippen LogP contribution is -2.34. The van der Waals surface area contributed by atoms with Gasteiger partial charge in [-0.3, -0.25) is 5.32 Å². The molecule has 1 unspecified atom stereocenters. The molecule has 1 aliphatic heterocycles. The molecular formula is C17H21N5O2S. The highest BCUT2D eigenvalue weighted by Gasteiger charge is 2.23. The summed E-state index contributed by atoms with van der Waals surface area (Å²) < 4.78 is 5.26. The quantitative estimate of drug-likeness (QED) is 0.773. The SMILES string of the molecule is CC(C)(C)c1cc(NC(=O)NC2CC=C(c3ccc(N)nc3)S2)no1. The van der Waals surface area contributed by atoms with Crippen LogP contribution in [0.15, 0.2) is 35.0 Å². The van der Waals surface area contributed by atoms with Crippen LogP contribution in [0, 0.1) is 0 Å². The average molecular weight is 359 g/mol. The van der Waals surface area contributed by atoms with Crippen molar-refractivity contribution in [3.8, 4) is 0 Å². The third kappa shape index (κ3) is 4.33. The minimum Gasteiger partial charge on any atom is -0.384 e. The summed E-state index contributed by atoms with van der Waals surface area (Å²) in [6.45, 7) is 6.06. The molecule has 0 saturated heterocycles. The summed E-state index contributed by atoms with van der Waals surface area (Å²) in [7, 11) is 0. The number of anilines is 2. The van der Waals surface area contributed by atoms with Crippen LogP contribution in [0.25, 0.3) is 4.91 Å². The first-order chi connectivity index (χ1) is 11.8. The van der Waals surface area contributed by atoms with Gasteiger partial charge in [0.1, 0.15) is 11.6 Å². The summed E-state index contributed by atoms with van der Waals surface area (Å²) in [5, 5.41) is 9.46. The summed E-state index contributed by atoms with van der Waals surface area (Å²) >= 11 is 1.58. The van der Waals surface area contributed by atoms with Crippen LogP contribution in [0.2, 0.25) is 0 Å². The molecule has 0 aromatic carbocycles. The molecule has 0 spiro atoms. The van der Waals surface area contributed by atoms with Crippen molar-refractivity contribution >= 4 is 34.3 Å². The van der Waals surface area contributed by atoms with E-state index in [1.807, 2.05) is 26.8 Å². The highest BCUT2D eigenvalue weighted by molar-refractivity contribution is 8.09. The number of thioether (sulfide) groups is 1. The maximum Gasteiger partial charge on any atom is 0.321 e. The van der Waals surface area contributed by atoms with E-state index in [0.29, 0.717) is 11.6 Å². The predicted molar refractivity (Wildman–Crippen MR) is 100.0 cm³/mol. The molecule has 0 fully saturated rings. The number of nitrogen functional groups attached to an aromatic ring is 1. The fourth-order valence-corrected chi connectivity index (χ4v) is 3.39. The number of carbonyl (C=O) groups excluding carboxylic acids is 1. The van der Waals surface area contributed by atoms with E-state index in [4.69, 9.17) is 10.3 Å². The van der Waals surface area contributed by atoms with Crippen LogP contribution in [0.1, 0.15) is 38.5 Å². The molecule has 25 heavy (non-hydrogen) atoms. The Kier molecular flexibility index (Phi) is 4.71. The van der Waals surface area contributed by atoms with Gasteiger partial charge in [0.2, 0.25) is 0 Å². The maximum absolute atomic E-state index is 12.1. The lowest BCUT2D eigenvalue weighted by molar-refractivity contribution is 0.251. The number of amides is 2. The first-order valence-corrected chi connectivity index (χ1v) is 8.82. The number of rotatable bonds is 3. The zero-order valence-corrected chi connectivity index (χ0v) is 15.2. The summed E-state index contributed by atoms with van der Waals surface area (Å²) in [4.78, 5) is 17.3. The van der Waals surface area contributed by atoms with Gasteiger partial charge in [0, 0.05) is 28.1 Å². The van der Waals surface area contributed by atoms with Gasteiger partial charge in [0.15, 0.2) is 5.82 Å². The number of nitrogens with two attached hydrogens (primary N) is 1. The number of carbonyl (C=O) groups is 1. The molecular weight excluding hydrogens is 338 g/mol. The van der Waals surface area contributed by atoms with E-state index in [9.17, 15) is 4.79 Å². The van der Waals surface area contributed by atoms with E-state index >= 15 is 0 Å². The van der Waals surface area contributed by atoms with Crippen LogP contribution < -0.4 is 16.4 Å². The van der Waals surface area contributed by atoms with E-state index in [1.165, 1.54) is 0 Å². The molecule has 4 N–H and O–H groups in total. The van der Waals surface area contributed by atoms with Crippen molar-refractivity contribution < 1.29 is 9.32 Å². The average Bonchev–Trinajstić information content (AvgIpc) is 3.17. The molecule has 2 amide bonds. The topological polar surface area (TPSA) is 106 Å². The lowest BCUT2D eigenvalue weighted by atomic mass is 9.93. The predicted octanol–water partition coefficient (Wildman–Crippen LogP) is 3.57. The Balaban J connectivity index is 1.53. The first kappa shape index (κ1) is 17.3. The molecule has 0 saturated carbocycles. The molecule has 0 radical (unpaired) electrons. The standard InChI is InChI=1S/C17H21N5O2S/c1-17(2,3)12-8-14(22-24-12)20-16(23)21-15-7-5-11(25-15)10-4-6-13(18)19-9-10/h4-6,8-9,15H,7H2,1-3H3,(H2,18,19)(H2,20,21,22,23). The fourth-order valence-electron chi connectivity index (χ4n) is 2.28. The summed E-state index contributed by atoms with van der Waals surface area (Å²) in [6.07, 6.45) is 4.56. The third-order valence-electron chi connectivity index (χ3n) is 3.64. The van der Waals surface area contributed by atoms with Crippen LogP contribution in [-0.2, 0) is 5.41 Å². The molecule has 1 atom stereocenters. The van der Waals surface area contributed by atoms with Crippen LogP contribution >= 0.6 is 11.8 Å². The van der Waals surface area contributed by atoms with Gasteiger partial charge < -0.3 is 15.6 Å². The minimum atomic E-state index is -0.309. The van der Waals surface area contributed by atoms with Gasteiger partial charge in [0.25, 0.3) is 0 Å². The number of nitrogens with zero attached hydrogens (tertiary/aromatic N) is 2. The van der Waals surface area contributed by atoms with Crippen molar-refractivity contribution in [2.75, 3.05) is 11.1 Å². The minimum absolute atomic E-state index is 0.0402. The van der Waals surface area contributed by atoms with Gasteiger partial charge >= 0.3 is 6.03 Å². The summed E-state index contributed by atoms with van der Waals surface area (Å²) in [6, 6.07) is 5.12. The zero-order chi connectivity index (χ0) is 18.0. The summed E-state index contributed by atoms with van der Waals surface area (Å²) in [5.74, 6) is 1.61. The Bertz CT molecular complexity index is 792. The Morgan fingerprint density at radius 1 is 1.40 bits per heavy atom. The number of nitrogens with one attached hydrogen (secondary N) is 2. The Morgan fingerprint density at radius 2 is 2.20 bits per heavy atom. The number of hydrogen-bond donors (Lipinski definition) is 3. The van der Waals surface area contributed by atoms with Crippen molar-refractivity contribution in [3.05, 3.63) is 41.8 Å². The van der Waals surface area contributed by atoms with Crippen LogP contribution in [-0.4, -0.2) is 21.5 Å². The smallest absolute Gasteiger partial charge is 0.321 e. The number of aromatic nitrogens is 2. The van der Waals surface area contributed by atoms with Crippen molar-refractivity contribution in [3.63, 3.8) is 0 Å². The van der Waals surface area contributed by atoms with Gasteiger partial charge in [-0.1, -0.05) is 32.0 Å². The van der Waals surface area contributed by atoms with Gasteiger partial charge in [-0.2, -0.15) is 0 Å². The van der Waals surface area contributed by atoms with Crippen molar-refractivity contribution in [2.24, 2.45) is 0 Å². The van der Waals surface area contributed by atoms with E-state index < -0.39 is 0 Å². The summed E-state index contributed by atoms with van der Waals surface area (Å²) in [5.41, 5.74) is 6.44. The van der Waals surface area contributed by atoms with E-state index in [0.717, 1.165) is 22.6 Å². The number of hydrogen-bond acceptors (Lipinski definition) is 6. The highest BCUT2D eigenvalue weighted by Crippen LogP contribution is 2.37. The first-order valence-electron chi connectivity index (χ1n) is 7.95. The van der Waals surface area contributed by atoms with Crippen molar-refractivity contribution in [2.45, 2.75) is 38.0 Å². The Morgan fingerprint density at radius 3 is 2.84 bits per heavy atom. The zero-order valence-electron chi connectivity index (χ0n) is 14.4. The second-order valence-electron chi connectivity index (χ2n) is 6.81. The van der Waals surface area contributed by atoms with Gasteiger partial charge in [-0.25, -0.2) is 9.78 Å². The molecule has 3 heterocycles. The molecule has 3 rings (SSSR count). The number of urea groups is 1. The van der Waals surface area contributed by atoms with E-state index in [1.54, 1.807) is 30.1 Å². The third-order valence-corrected chi connectivity index (χ3v) is 4.89. The fraction of sp³-hybridized carbons (Fsp3) is 0.353. The van der Waals surface area contributed by atoms with Gasteiger partial charge in [-0.05, 0) is 18.6 Å². The molecule has 1 aliphatic rings. The normalized spacial score (nSPS) is 17.2. The number of pyridine rings is 1. The lowest BCUT2D eigenvalue weighted by Gasteiger charge is -2.13. The van der Waals surface area contributed by atoms with Crippen molar-refractivity contribution in [1.29, 1.82) is 0 Å². The molecule has 2 aromatic heterocycles. The van der Waals surface area contributed by atoms with E-state index in [2.05, 4.69) is 26.9 Å². The van der Waals surface area contributed by atoms with Crippen LogP contribution in [0.5, 0.6) is 0 Å². The van der Waals surface area contributed by atoms with Crippen LogP contribution in [0.3, 0.4) is 0 Å². The molecule has 7 nitrogen and oxygen atoms in total. The van der Waals surface area contributed by atoms with Gasteiger partial charge in [0.05, 0.1) is 5.37 Å². The maximum atomic E-state index is 12.1. The second kappa shape index (κ2) is 6.79. The van der Waals surface area contributed by atoms with Crippen molar-refractivity contribution in [1.82, 2.24) is 15.5 Å². The Hall–Kier alpha value is -2.48. The second-order valence-corrected chi connectivity index (χ2v) is 8.05. The monoisotopic (exact) mass is 359 g/mol. The largest absolute Gasteiger partial charge is 0.384 e.